The Morgan fingerprint density at radius 2 is 2.11 bits per heavy atom. The monoisotopic (exact) mass is 263 g/mol. The molecule has 0 heterocycles. The molecule has 100 valence electrons. The van der Waals surface area contributed by atoms with Gasteiger partial charge in [0.1, 0.15) is 0 Å². The standard InChI is InChI=1S/C16H25NS/c1-12(2)8-9-18-16-7-4-13(3)10-14(16)11-17-15-5-6-15/h4,7,10,12,15,17H,5-6,8-9,11H2,1-3H3. The molecular formula is C16H25NS. The molecular weight excluding hydrogens is 238 g/mol. The van der Waals surface area contributed by atoms with Gasteiger partial charge in [0, 0.05) is 17.5 Å². The van der Waals surface area contributed by atoms with Crippen LogP contribution in [0.1, 0.15) is 44.2 Å². The molecule has 1 aromatic carbocycles. The van der Waals surface area contributed by atoms with Crippen molar-refractivity contribution in [2.75, 3.05) is 5.75 Å². The largest absolute Gasteiger partial charge is 0.310 e. The second-order valence-corrected chi connectivity index (χ2v) is 6.93. The Balaban J connectivity index is 1.93. The van der Waals surface area contributed by atoms with Gasteiger partial charge >= 0.3 is 0 Å². The van der Waals surface area contributed by atoms with Gasteiger partial charge in [-0.05, 0) is 49.5 Å². The highest BCUT2D eigenvalue weighted by atomic mass is 32.2. The first-order valence-corrected chi connectivity index (χ1v) is 8.09. The van der Waals surface area contributed by atoms with Gasteiger partial charge in [0.05, 0.1) is 0 Å². The maximum atomic E-state index is 3.63. The Morgan fingerprint density at radius 1 is 1.33 bits per heavy atom. The van der Waals surface area contributed by atoms with E-state index in [9.17, 15) is 0 Å². The summed E-state index contributed by atoms with van der Waals surface area (Å²) in [5.74, 6) is 2.04. The predicted octanol–water partition coefficient (Wildman–Crippen LogP) is 4.39. The maximum Gasteiger partial charge on any atom is 0.0219 e. The zero-order chi connectivity index (χ0) is 13.0. The normalized spacial score (nSPS) is 15.3. The molecule has 0 amide bonds. The lowest BCUT2D eigenvalue weighted by Gasteiger charge is -2.12. The maximum absolute atomic E-state index is 3.63. The number of rotatable bonds is 7. The number of benzene rings is 1. The van der Waals surface area contributed by atoms with Crippen LogP contribution < -0.4 is 5.32 Å². The molecule has 1 nitrogen and oxygen atoms in total. The Morgan fingerprint density at radius 3 is 2.78 bits per heavy atom. The fourth-order valence-corrected chi connectivity index (χ4v) is 3.22. The van der Waals surface area contributed by atoms with Crippen molar-refractivity contribution >= 4 is 11.8 Å². The average molecular weight is 263 g/mol. The number of aryl methyl sites for hydroxylation is 1. The minimum Gasteiger partial charge on any atom is -0.310 e. The first kappa shape index (κ1) is 14.0. The number of hydrogen-bond acceptors (Lipinski definition) is 2. The third-order valence-corrected chi connectivity index (χ3v) is 4.48. The van der Waals surface area contributed by atoms with Gasteiger partial charge in [-0.3, -0.25) is 0 Å². The van der Waals surface area contributed by atoms with Gasteiger partial charge in [0.25, 0.3) is 0 Å². The van der Waals surface area contributed by atoms with Crippen molar-refractivity contribution in [1.29, 1.82) is 0 Å². The molecule has 18 heavy (non-hydrogen) atoms. The lowest BCUT2D eigenvalue weighted by atomic mass is 10.1. The van der Waals surface area contributed by atoms with Crippen LogP contribution in [0.15, 0.2) is 23.1 Å². The van der Waals surface area contributed by atoms with E-state index >= 15 is 0 Å². The molecule has 1 N–H and O–H groups in total. The Kier molecular flexibility index (Phi) is 5.13. The van der Waals surface area contributed by atoms with Crippen molar-refractivity contribution in [3.8, 4) is 0 Å². The van der Waals surface area contributed by atoms with E-state index in [0.29, 0.717) is 0 Å². The van der Waals surface area contributed by atoms with Gasteiger partial charge in [0.2, 0.25) is 0 Å². The van der Waals surface area contributed by atoms with E-state index in [4.69, 9.17) is 0 Å². The van der Waals surface area contributed by atoms with E-state index in [1.807, 2.05) is 11.8 Å². The summed E-state index contributed by atoms with van der Waals surface area (Å²) >= 11 is 2.02. The number of thioether (sulfide) groups is 1. The molecule has 1 aliphatic carbocycles. The second-order valence-electron chi connectivity index (χ2n) is 5.80. The highest BCUT2D eigenvalue weighted by Gasteiger charge is 2.20. The second kappa shape index (κ2) is 6.63. The molecule has 2 heteroatoms. The Bertz CT molecular complexity index is 383. The number of nitrogens with one attached hydrogen (secondary N) is 1. The van der Waals surface area contributed by atoms with E-state index < -0.39 is 0 Å². The smallest absolute Gasteiger partial charge is 0.0219 e. The zero-order valence-corrected chi connectivity index (χ0v) is 12.6. The lowest BCUT2D eigenvalue weighted by Crippen LogP contribution is -2.16. The molecule has 0 aromatic heterocycles. The van der Waals surface area contributed by atoms with Crippen molar-refractivity contribution in [2.24, 2.45) is 5.92 Å². The van der Waals surface area contributed by atoms with E-state index in [0.717, 1.165) is 18.5 Å². The molecule has 0 bridgehead atoms. The number of hydrogen-bond donors (Lipinski definition) is 1. The highest BCUT2D eigenvalue weighted by Crippen LogP contribution is 2.27. The SMILES string of the molecule is Cc1ccc(SCCC(C)C)c(CNC2CC2)c1. The molecule has 0 saturated heterocycles. The summed E-state index contributed by atoms with van der Waals surface area (Å²) in [7, 11) is 0. The molecule has 0 atom stereocenters. The van der Waals surface area contributed by atoms with Gasteiger partial charge in [-0.25, -0.2) is 0 Å². The summed E-state index contributed by atoms with van der Waals surface area (Å²) in [6.07, 6.45) is 4.03. The molecule has 2 rings (SSSR count). The fraction of sp³-hybridized carbons (Fsp3) is 0.625. The average Bonchev–Trinajstić information content (AvgIpc) is 3.12. The summed E-state index contributed by atoms with van der Waals surface area (Å²) in [5.41, 5.74) is 2.85. The minimum absolute atomic E-state index is 0.791. The molecule has 0 spiro atoms. The van der Waals surface area contributed by atoms with Crippen molar-refractivity contribution in [2.45, 2.75) is 57.5 Å². The van der Waals surface area contributed by atoms with Crippen LogP contribution in [-0.2, 0) is 6.54 Å². The van der Waals surface area contributed by atoms with Crippen LogP contribution >= 0.6 is 11.8 Å². The minimum atomic E-state index is 0.791. The van der Waals surface area contributed by atoms with Gasteiger partial charge in [-0.2, -0.15) is 0 Å². The van der Waals surface area contributed by atoms with E-state index in [2.05, 4.69) is 44.3 Å². The molecule has 1 aliphatic rings. The third-order valence-electron chi connectivity index (χ3n) is 3.33. The Hall–Kier alpha value is -0.470. The van der Waals surface area contributed by atoms with Gasteiger partial charge in [0.15, 0.2) is 0 Å². The van der Waals surface area contributed by atoms with E-state index in [1.165, 1.54) is 41.0 Å². The molecule has 0 unspecified atom stereocenters. The summed E-state index contributed by atoms with van der Waals surface area (Å²) in [4.78, 5) is 1.47. The molecule has 1 saturated carbocycles. The Labute approximate surface area is 116 Å². The van der Waals surface area contributed by atoms with Gasteiger partial charge < -0.3 is 5.32 Å². The van der Waals surface area contributed by atoms with Crippen LogP contribution in [0.3, 0.4) is 0 Å². The van der Waals surface area contributed by atoms with Crippen LogP contribution in [0.2, 0.25) is 0 Å². The van der Waals surface area contributed by atoms with Crippen molar-refractivity contribution in [3.05, 3.63) is 29.3 Å². The summed E-state index contributed by atoms with van der Waals surface area (Å²) in [6, 6.07) is 7.66. The molecule has 0 aliphatic heterocycles. The van der Waals surface area contributed by atoms with Crippen LogP contribution in [0.5, 0.6) is 0 Å². The fourth-order valence-electron chi connectivity index (χ4n) is 1.93. The van der Waals surface area contributed by atoms with Crippen molar-refractivity contribution in [1.82, 2.24) is 5.32 Å². The van der Waals surface area contributed by atoms with E-state index in [1.54, 1.807) is 0 Å². The molecule has 0 radical (unpaired) electrons. The van der Waals surface area contributed by atoms with Crippen LogP contribution in [0.25, 0.3) is 0 Å². The summed E-state index contributed by atoms with van der Waals surface area (Å²) in [5, 5.41) is 3.63. The quantitative estimate of drug-likeness (QED) is 0.732. The third kappa shape index (κ3) is 4.66. The topological polar surface area (TPSA) is 12.0 Å². The van der Waals surface area contributed by atoms with Crippen molar-refractivity contribution in [3.63, 3.8) is 0 Å². The van der Waals surface area contributed by atoms with Crippen LogP contribution in [-0.4, -0.2) is 11.8 Å². The lowest BCUT2D eigenvalue weighted by molar-refractivity contribution is 0.631. The highest BCUT2D eigenvalue weighted by molar-refractivity contribution is 7.99. The van der Waals surface area contributed by atoms with Crippen molar-refractivity contribution < 1.29 is 0 Å². The summed E-state index contributed by atoms with van der Waals surface area (Å²) in [6.45, 7) is 7.82. The predicted molar refractivity (Wildman–Crippen MR) is 81.2 cm³/mol. The molecule has 1 fully saturated rings. The molecule has 1 aromatic rings. The zero-order valence-electron chi connectivity index (χ0n) is 11.8. The first-order chi connectivity index (χ1) is 8.65. The summed E-state index contributed by atoms with van der Waals surface area (Å²) < 4.78 is 0. The van der Waals surface area contributed by atoms with E-state index in [-0.39, 0.29) is 0 Å². The van der Waals surface area contributed by atoms with Gasteiger partial charge in [-0.1, -0.05) is 31.5 Å². The first-order valence-electron chi connectivity index (χ1n) is 7.11. The van der Waals surface area contributed by atoms with Gasteiger partial charge in [-0.15, -0.1) is 11.8 Å². The van der Waals surface area contributed by atoms with Crippen LogP contribution in [0, 0.1) is 12.8 Å². The van der Waals surface area contributed by atoms with Crippen LogP contribution in [0.4, 0.5) is 0 Å².